The molecule has 1 aliphatic rings. The number of rotatable bonds is 6. The molecule has 1 aliphatic carbocycles. The fourth-order valence-corrected chi connectivity index (χ4v) is 1.53. The van der Waals surface area contributed by atoms with Crippen LogP contribution in [0, 0.1) is 0 Å². The number of Topliss-reactive ketones (excluding diaryl/α,β-unsaturated/α-hetero) is 1. The molecular weight excluding hydrogens is 192 g/mol. The predicted molar refractivity (Wildman–Crippen MR) is 57.6 cm³/mol. The lowest BCUT2D eigenvalue weighted by Gasteiger charge is -2.05. The zero-order valence-electron chi connectivity index (χ0n) is 8.74. The molecule has 0 saturated heterocycles. The topological polar surface area (TPSA) is 54.4 Å². The number of ketones is 1. The van der Waals surface area contributed by atoms with E-state index in [0.717, 1.165) is 18.4 Å². The van der Waals surface area contributed by atoms with Gasteiger partial charge in [-0.2, -0.15) is 0 Å². The molecule has 0 aromatic carbocycles. The first-order valence-corrected chi connectivity index (χ1v) is 5.32. The van der Waals surface area contributed by atoms with Gasteiger partial charge in [-0.1, -0.05) is 18.2 Å². The lowest BCUT2D eigenvalue weighted by atomic mass is 9.99. The third-order valence-corrected chi connectivity index (χ3v) is 2.36. The van der Waals surface area contributed by atoms with Gasteiger partial charge < -0.3 is 5.11 Å². The van der Waals surface area contributed by atoms with Gasteiger partial charge in [0, 0.05) is 18.4 Å². The summed E-state index contributed by atoms with van der Waals surface area (Å²) in [6.07, 6.45) is 9.63. The molecule has 1 rings (SSSR count). The highest BCUT2D eigenvalue weighted by Gasteiger charge is 2.08. The van der Waals surface area contributed by atoms with Gasteiger partial charge in [0.15, 0.2) is 5.78 Å². The highest BCUT2D eigenvalue weighted by Crippen LogP contribution is 2.13. The number of hydrogen-bond donors (Lipinski definition) is 1. The fraction of sp³-hybridized carbons (Fsp3) is 0.500. The molecule has 0 aromatic rings. The third kappa shape index (κ3) is 4.58. The highest BCUT2D eigenvalue weighted by molar-refractivity contribution is 5.98. The lowest BCUT2D eigenvalue weighted by Crippen LogP contribution is -2.03. The second-order valence-corrected chi connectivity index (χ2v) is 3.66. The summed E-state index contributed by atoms with van der Waals surface area (Å²) < 4.78 is 0. The van der Waals surface area contributed by atoms with E-state index in [1.54, 1.807) is 0 Å². The normalized spacial score (nSPS) is 14.8. The van der Waals surface area contributed by atoms with Crippen molar-refractivity contribution in [2.24, 2.45) is 0 Å². The minimum atomic E-state index is -0.792. The number of allylic oxidation sites excluding steroid dienone is 4. The maximum atomic E-state index is 11.6. The molecule has 0 spiro atoms. The molecule has 1 N–H and O–H groups in total. The Balaban J connectivity index is 2.21. The van der Waals surface area contributed by atoms with Crippen molar-refractivity contribution in [1.29, 1.82) is 0 Å². The van der Waals surface area contributed by atoms with Crippen molar-refractivity contribution in [3.8, 4) is 0 Å². The molecule has 0 bridgehead atoms. The van der Waals surface area contributed by atoms with Crippen LogP contribution >= 0.6 is 0 Å². The van der Waals surface area contributed by atoms with Crippen molar-refractivity contribution in [1.82, 2.24) is 0 Å². The monoisotopic (exact) mass is 208 g/mol. The zero-order chi connectivity index (χ0) is 11.1. The van der Waals surface area contributed by atoms with Crippen LogP contribution in [0.2, 0.25) is 0 Å². The van der Waals surface area contributed by atoms with E-state index >= 15 is 0 Å². The van der Waals surface area contributed by atoms with E-state index in [1.165, 1.54) is 0 Å². The molecule has 0 amide bonds. The zero-order valence-corrected chi connectivity index (χ0v) is 8.74. The van der Waals surface area contributed by atoms with Crippen molar-refractivity contribution in [3.05, 3.63) is 23.8 Å². The molecule has 3 nitrogen and oxygen atoms in total. The summed E-state index contributed by atoms with van der Waals surface area (Å²) in [6, 6.07) is 0. The fourth-order valence-electron chi connectivity index (χ4n) is 1.53. The molecule has 0 unspecified atom stereocenters. The minimum Gasteiger partial charge on any atom is -0.481 e. The van der Waals surface area contributed by atoms with E-state index in [2.05, 4.69) is 0 Å². The van der Waals surface area contributed by atoms with E-state index in [9.17, 15) is 9.59 Å². The molecule has 0 saturated carbocycles. The van der Waals surface area contributed by atoms with Crippen LogP contribution in [-0.4, -0.2) is 16.9 Å². The van der Waals surface area contributed by atoms with E-state index in [-0.39, 0.29) is 12.2 Å². The Kier molecular flexibility index (Phi) is 4.81. The van der Waals surface area contributed by atoms with E-state index in [1.807, 2.05) is 18.2 Å². The summed E-state index contributed by atoms with van der Waals surface area (Å²) in [5.74, 6) is -0.657. The van der Waals surface area contributed by atoms with Crippen LogP contribution in [0.25, 0.3) is 0 Å². The minimum absolute atomic E-state index is 0.135. The maximum absolute atomic E-state index is 11.6. The predicted octanol–water partition coefficient (Wildman–Crippen LogP) is 2.48. The first-order chi connectivity index (χ1) is 7.20. The average molecular weight is 208 g/mol. The summed E-state index contributed by atoms with van der Waals surface area (Å²) in [5.41, 5.74) is 0.788. The Morgan fingerprint density at radius 1 is 1.20 bits per heavy atom. The van der Waals surface area contributed by atoms with Gasteiger partial charge in [-0.25, -0.2) is 0 Å². The first-order valence-electron chi connectivity index (χ1n) is 5.32. The van der Waals surface area contributed by atoms with Gasteiger partial charge in [0.25, 0.3) is 0 Å². The Morgan fingerprint density at radius 2 is 1.93 bits per heavy atom. The maximum Gasteiger partial charge on any atom is 0.303 e. The third-order valence-electron chi connectivity index (χ3n) is 2.36. The van der Waals surface area contributed by atoms with Gasteiger partial charge in [-0.15, -0.1) is 0 Å². The molecule has 0 aliphatic heterocycles. The van der Waals surface area contributed by atoms with E-state index in [4.69, 9.17) is 5.11 Å². The second kappa shape index (κ2) is 6.17. The van der Waals surface area contributed by atoms with Crippen molar-refractivity contribution >= 4 is 11.8 Å². The van der Waals surface area contributed by atoms with Crippen molar-refractivity contribution < 1.29 is 14.7 Å². The summed E-state index contributed by atoms with van der Waals surface area (Å²) in [4.78, 5) is 21.8. The molecular formula is C12H16O3. The quantitative estimate of drug-likeness (QED) is 0.682. The van der Waals surface area contributed by atoms with Gasteiger partial charge in [0.05, 0.1) is 0 Å². The summed E-state index contributed by atoms with van der Waals surface area (Å²) >= 11 is 0. The van der Waals surface area contributed by atoms with Crippen LogP contribution in [0.1, 0.15) is 38.5 Å². The molecule has 0 fully saturated rings. The Labute approximate surface area is 89.5 Å². The Morgan fingerprint density at radius 3 is 2.53 bits per heavy atom. The van der Waals surface area contributed by atoms with Crippen molar-refractivity contribution in [2.75, 3.05) is 0 Å². The molecule has 15 heavy (non-hydrogen) atoms. The van der Waals surface area contributed by atoms with Crippen molar-refractivity contribution in [2.45, 2.75) is 38.5 Å². The largest absolute Gasteiger partial charge is 0.481 e. The van der Waals surface area contributed by atoms with Crippen LogP contribution < -0.4 is 0 Å². The SMILES string of the molecule is O=C(O)CCCCC(=O)C1=CCCC=C1. The second-order valence-electron chi connectivity index (χ2n) is 3.66. The van der Waals surface area contributed by atoms with Crippen molar-refractivity contribution in [3.63, 3.8) is 0 Å². The van der Waals surface area contributed by atoms with E-state index in [0.29, 0.717) is 19.3 Å². The average Bonchev–Trinajstić information content (AvgIpc) is 2.25. The standard InChI is InChI=1S/C12H16O3/c13-11(8-4-5-9-12(14)15)10-6-2-1-3-7-10/h2,6-7H,1,3-5,8-9H2,(H,14,15). The van der Waals surface area contributed by atoms with Crippen LogP contribution in [0.3, 0.4) is 0 Å². The smallest absolute Gasteiger partial charge is 0.303 e. The Hall–Kier alpha value is -1.38. The van der Waals surface area contributed by atoms with Gasteiger partial charge >= 0.3 is 5.97 Å². The van der Waals surface area contributed by atoms with Crippen LogP contribution in [0.15, 0.2) is 23.8 Å². The van der Waals surface area contributed by atoms with Crippen LogP contribution in [0.4, 0.5) is 0 Å². The van der Waals surface area contributed by atoms with Crippen LogP contribution in [0.5, 0.6) is 0 Å². The van der Waals surface area contributed by atoms with Gasteiger partial charge in [-0.3, -0.25) is 9.59 Å². The van der Waals surface area contributed by atoms with Gasteiger partial charge in [-0.05, 0) is 25.7 Å². The number of unbranched alkanes of at least 4 members (excludes halogenated alkanes) is 1. The number of carbonyl (C=O) groups excluding carboxylic acids is 1. The first kappa shape index (κ1) is 11.7. The molecule has 0 atom stereocenters. The highest BCUT2D eigenvalue weighted by atomic mass is 16.4. The molecule has 82 valence electrons. The molecule has 0 aromatic heterocycles. The van der Waals surface area contributed by atoms with Gasteiger partial charge in [0.1, 0.15) is 0 Å². The number of aliphatic carboxylic acids is 1. The molecule has 3 heteroatoms. The van der Waals surface area contributed by atoms with Gasteiger partial charge in [0.2, 0.25) is 0 Å². The van der Waals surface area contributed by atoms with Crippen LogP contribution in [-0.2, 0) is 9.59 Å². The number of carboxylic acids is 1. The number of carbonyl (C=O) groups is 2. The number of hydrogen-bond acceptors (Lipinski definition) is 2. The summed E-state index contributed by atoms with van der Waals surface area (Å²) in [7, 11) is 0. The lowest BCUT2D eigenvalue weighted by molar-refractivity contribution is -0.137. The van der Waals surface area contributed by atoms with E-state index < -0.39 is 5.97 Å². The summed E-state index contributed by atoms with van der Waals surface area (Å²) in [5, 5.41) is 8.42. The number of carboxylic acid groups (broad SMARTS) is 1. The summed E-state index contributed by atoms with van der Waals surface area (Å²) in [6.45, 7) is 0. The molecule has 0 heterocycles. The Bertz CT molecular complexity index is 300. The molecule has 0 radical (unpaired) electrons.